The fraction of sp³-hybridized carbons (Fsp3) is 0.200. The van der Waals surface area contributed by atoms with Crippen molar-refractivity contribution < 1.29 is 19.7 Å². The number of methoxy groups -OCH3 is 1. The molecule has 0 amide bonds. The Bertz CT molecular complexity index is 578. The standard InChI is InChI=1S/C15H16O4/c1-3-19-15-5-4-10(8-14(15)17)11-6-12(16)9-13(7-11)18-2/h4-9,16-17H,3H2,1-2H3. The van der Waals surface area contributed by atoms with Crippen LogP contribution in [0.1, 0.15) is 6.92 Å². The van der Waals surface area contributed by atoms with Crippen molar-refractivity contribution in [3.8, 4) is 34.1 Å². The van der Waals surface area contributed by atoms with E-state index in [1.807, 2.05) is 13.0 Å². The third-order valence-corrected chi connectivity index (χ3v) is 2.72. The maximum Gasteiger partial charge on any atom is 0.160 e. The molecule has 0 atom stereocenters. The van der Waals surface area contributed by atoms with E-state index in [1.165, 1.54) is 13.2 Å². The Labute approximate surface area is 111 Å². The molecule has 2 N–H and O–H groups in total. The zero-order chi connectivity index (χ0) is 13.8. The first-order valence-corrected chi connectivity index (χ1v) is 5.98. The van der Waals surface area contributed by atoms with Crippen molar-refractivity contribution in [2.75, 3.05) is 13.7 Å². The van der Waals surface area contributed by atoms with Crippen LogP contribution in [0.5, 0.6) is 23.0 Å². The summed E-state index contributed by atoms with van der Waals surface area (Å²) in [6.45, 7) is 2.35. The number of aromatic hydroxyl groups is 2. The van der Waals surface area contributed by atoms with Gasteiger partial charge in [-0.25, -0.2) is 0 Å². The van der Waals surface area contributed by atoms with E-state index in [-0.39, 0.29) is 11.5 Å². The van der Waals surface area contributed by atoms with Crippen molar-refractivity contribution in [1.82, 2.24) is 0 Å². The third-order valence-electron chi connectivity index (χ3n) is 2.72. The molecule has 0 radical (unpaired) electrons. The minimum atomic E-state index is 0.0710. The highest BCUT2D eigenvalue weighted by Crippen LogP contribution is 2.34. The van der Waals surface area contributed by atoms with Gasteiger partial charge in [0.25, 0.3) is 0 Å². The maximum absolute atomic E-state index is 9.86. The Morgan fingerprint density at radius 3 is 2.42 bits per heavy atom. The summed E-state index contributed by atoms with van der Waals surface area (Å²) in [6.07, 6.45) is 0. The minimum Gasteiger partial charge on any atom is -0.508 e. The van der Waals surface area contributed by atoms with Gasteiger partial charge in [0.05, 0.1) is 13.7 Å². The number of phenolic OH excluding ortho intramolecular Hbond substituents is 2. The molecule has 0 aliphatic heterocycles. The van der Waals surface area contributed by atoms with Gasteiger partial charge in [-0.2, -0.15) is 0 Å². The van der Waals surface area contributed by atoms with Gasteiger partial charge in [-0.15, -0.1) is 0 Å². The second-order valence-electron chi connectivity index (χ2n) is 4.04. The zero-order valence-corrected chi connectivity index (χ0v) is 10.9. The second kappa shape index (κ2) is 5.52. The molecule has 0 fully saturated rings. The topological polar surface area (TPSA) is 58.9 Å². The average Bonchev–Trinajstić information content (AvgIpc) is 2.40. The van der Waals surface area contributed by atoms with E-state index in [0.717, 1.165) is 11.1 Å². The van der Waals surface area contributed by atoms with Gasteiger partial charge in [-0.1, -0.05) is 6.07 Å². The number of hydrogen-bond donors (Lipinski definition) is 2. The van der Waals surface area contributed by atoms with Crippen LogP contribution in [-0.4, -0.2) is 23.9 Å². The number of hydrogen-bond acceptors (Lipinski definition) is 4. The number of rotatable bonds is 4. The molecule has 2 rings (SSSR count). The lowest BCUT2D eigenvalue weighted by Crippen LogP contribution is -1.92. The molecular weight excluding hydrogens is 244 g/mol. The largest absolute Gasteiger partial charge is 0.508 e. The molecule has 19 heavy (non-hydrogen) atoms. The van der Waals surface area contributed by atoms with Crippen LogP contribution in [0.25, 0.3) is 11.1 Å². The lowest BCUT2D eigenvalue weighted by atomic mass is 10.0. The van der Waals surface area contributed by atoms with E-state index in [4.69, 9.17) is 9.47 Å². The summed E-state index contributed by atoms with van der Waals surface area (Å²) in [4.78, 5) is 0. The molecule has 2 aromatic carbocycles. The molecule has 0 spiro atoms. The summed E-state index contributed by atoms with van der Waals surface area (Å²) in [5.74, 6) is 1.19. The van der Waals surface area contributed by atoms with Crippen molar-refractivity contribution in [3.05, 3.63) is 36.4 Å². The molecule has 0 bridgehead atoms. The van der Waals surface area contributed by atoms with Gasteiger partial charge in [0.1, 0.15) is 11.5 Å². The molecule has 4 heteroatoms. The van der Waals surface area contributed by atoms with Crippen molar-refractivity contribution in [2.24, 2.45) is 0 Å². The first-order chi connectivity index (χ1) is 9.13. The Balaban J connectivity index is 2.41. The molecule has 0 saturated carbocycles. The number of ether oxygens (including phenoxy) is 2. The van der Waals surface area contributed by atoms with Crippen LogP contribution in [-0.2, 0) is 0 Å². The molecule has 0 heterocycles. The van der Waals surface area contributed by atoms with Gasteiger partial charge in [-0.05, 0) is 42.3 Å². The predicted octanol–water partition coefficient (Wildman–Crippen LogP) is 3.17. The summed E-state index contributed by atoms with van der Waals surface area (Å²) in [6, 6.07) is 10.0. The van der Waals surface area contributed by atoms with Crippen molar-refractivity contribution in [1.29, 1.82) is 0 Å². The smallest absolute Gasteiger partial charge is 0.160 e. The SMILES string of the molecule is CCOc1ccc(-c2cc(O)cc(OC)c2)cc1O. The van der Waals surface area contributed by atoms with Crippen LogP contribution >= 0.6 is 0 Å². The maximum atomic E-state index is 9.86. The third kappa shape index (κ3) is 2.91. The van der Waals surface area contributed by atoms with Gasteiger partial charge in [0.2, 0.25) is 0 Å². The van der Waals surface area contributed by atoms with E-state index in [2.05, 4.69) is 0 Å². The summed E-state index contributed by atoms with van der Waals surface area (Å²) in [5.41, 5.74) is 1.53. The first kappa shape index (κ1) is 13.1. The van der Waals surface area contributed by atoms with Crippen LogP contribution in [0.3, 0.4) is 0 Å². The molecule has 0 aliphatic rings. The Morgan fingerprint density at radius 2 is 1.79 bits per heavy atom. The molecule has 0 saturated heterocycles. The first-order valence-electron chi connectivity index (χ1n) is 5.98. The van der Waals surface area contributed by atoms with E-state index >= 15 is 0 Å². The average molecular weight is 260 g/mol. The van der Waals surface area contributed by atoms with Gasteiger partial charge < -0.3 is 19.7 Å². The molecule has 0 aromatic heterocycles. The molecule has 4 nitrogen and oxygen atoms in total. The fourth-order valence-corrected chi connectivity index (χ4v) is 1.84. The normalized spacial score (nSPS) is 10.2. The van der Waals surface area contributed by atoms with Crippen LogP contribution < -0.4 is 9.47 Å². The highest BCUT2D eigenvalue weighted by Gasteiger charge is 2.07. The molecule has 0 aliphatic carbocycles. The summed E-state index contributed by atoms with van der Waals surface area (Å²) < 4.78 is 10.4. The van der Waals surface area contributed by atoms with Crippen LogP contribution in [0.15, 0.2) is 36.4 Å². The fourth-order valence-electron chi connectivity index (χ4n) is 1.84. The van der Waals surface area contributed by atoms with Gasteiger partial charge in [-0.3, -0.25) is 0 Å². The van der Waals surface area contributed by atoms with Gasteiger partial charge >= 0.3 is 0 Å². The van der Waals surface area contributed by atoms with E-state index < -0.39 is 0 Å². The summed E-state index contributed by atoms with van der Waals surface area (Å²) in [7, 11) is 1.54. The molecular formula is C15H16O4. The molecule has 0 unspecified atom stereocenters. The van der Waals surface area contributed by atoms with E-state index in [0.29, 0.717) is 18.1 Å². The van der Waals surface area contributed by atoms with Gasteiger partial charge in [0.15, 0.2) is 11.5 Å². The van der Waals surface area contributed by atoms with Crippen LogP contribution in [0, 0.1) is 0 Å². The monoisotopic (exact) mass is 260 g/mol. The number of benzene rings is 2. The highest BCUT2D eigenvalue weighted by molar-refractivity contribution is 5.69. The lowest BCUT2D eigenvalue weighted by Gasteiger charge is -2.09. The Kier molecular flexibility index (Phi) is 3.80. The van der Waals surface area contributed by atoms with Gasteiger partial charge in [0, 0.05) is 6.07 Å². The summed E-state index contributed by atoms with van der Waals surface area (Å²) in [5, 5.41) is 19.5. The second-order valence-corrected chi connectivity index (χ2v) is 4.04. The zero-order valence-electron chi connectivity index (χ0n) is 10.9. The van der Waals surface area contributed by atoms with Crippen molar-refractivity contribution >= 4 is 0 Å². The molecule has 100 valence electrons. The minimum absolute atomic E-state index is 0.0710. The lowest BCUT2D eigenvalue weighted by molar-refractivity contribution is 0.318. The molecule has 2 aromatic rings. The predicted molar refractivity (Wildman–Crippen MR) is 72.9 cm³/mol. The van der Waals surface area contributed by atoms with Crippen LogP contribution in [0.4, 0.5) is 0 Å². The summed E-state index contributed by atoms with van der Waals surface area (Å²) >= 11 is 0. The Morgan fingerprint density at radius 1 is 1.00 bits per heavy atom. The van der Waals surface area contributed by atoms with Crippen molar-refractivity contribution in [3.63, 3.8) is 0 Å². The van der Waals surface area contributed by atoms with E-state index in [1.54, 1.807) is 24.3 Å². The van der Waals surface area contributed by atoms with E-state index in [9.17, 15) is 10.2 Å². The Hall–Kier alpha value is -2.36. The quantitative estimate of drug-likeness (QED) is 0.886. The van der Waals surface area contributed by atoms with Crippen LogP contribution in [0.2, 0.25) is 0 Å². The van der Waals surface area contributed by atoms with Crippen molar-refractivity contribution in [2.45, 2.75) is 6.92 Å². The highest BCUT2D eigenvalue weighted by atomic mass is 16.5. The number of phenols is 2.